The Balaban J connectivity index is 2.25. The maximum Gasteiger partial charge on any atom is 0.124 e. The number of aromatic hydroxyl groups is 2. The van der Waals surface area contributed by atoms with Crippen molar-refractivity contribution in [1.82, 2.24) is 5.32 Å². The normalized spacial score (nSPS) is 12.8. The lowest BCUT2D eigenvalue weighted by Crippen LogP contribution is -2.20. The summed E-state index contributed by atoms with van der Waals surface area (Å²) in [6.07, 6.45) is 2.36. The van der Waals surface area contributed by atoms with Crippen LogP contribution in [0.25, 0.3) is 0 Å². The molecule has 0 aliphatic rings. The minimum Gasteiger partial charge on any atom is -0.508 e. The summed E-state index contributed by atoms with van der Waals surface area (Å²) in [4.78, 5) is 0. The number of ether oxygens (including phenoxy) is 1. The summed E-state index contributed by atoms with van der Waals surface area (Å²) in [6.45, 7) is 7.74. The van der Waals surface area contributed by atoms with E-state index < -0.39 is 0 Å². The van der Waals surface area contributed by atoms with Gasteiger partial charge in [0, 0.05) is 24.3 Å². The van der Waals surface area contributed by atoms with Gasteiger partial charge >= 0.3 is 0 Å². The van der Waals surface area contributed by atoms with Gasteiger partial charge in [-0.2, -0.15) is 0 Å². The molecule has 19 heavy (non-hydrogen) atoms. The largest absolute Gasteiger partial charge is 0.508 e. The van der Waals surface area contributed by atoms with E-state index in [2.05, 4.69) is 5.32 Å². The molecule has 0 saturated carbocycles. The van der Waals surface area contributed by atoms with Crippen LogP contribution in [0.2, 0.25) is 0 Å². The predicted octanol–water partition coefficient (Wildman–Crippen LogP) is 2.95. The maximum atomic E-state index is 9.74. The summed E-state index contributed by atoms with van der Waals surface area (Å²) in [6, 6.07) is 4.75. The molecule has 1 rings (SSSR count). The van der Waals surface area contributed by atoms with Gasteiger partial charge in [0.05, 0.1) is 6.10 Å². The second-order valence-electron chi connectivity index (χ2n) is 5.05. The highest BCUT2D eigenvalue weighted by molar-refractivity contribution is 5.40. The zero-order valence-corrected chi connectivity index (χ0v) is 12.0. The highest BCUT2D eigenvalue weighted by Crippen LogP contribution is 2.27. The Bertz CT molecular complexity index is 380. The molecule has 3 N–H and O–H groups in total. The van der Waals surface area contributed by atoms with Crippen molar-refractivity contribution >= 4 is 0 Å². The SMILES string of the molecule is CC(C)OCCCCNC(C)c1ccc(O)cc1O. The molecule has 4 nitrogen and oxygen atoms in total. The van der Waals surface area contributed by atoms with Gasteiger partial charge in [0.1, 0.15) is 11.5 Å². The summed E-state index contributed by atoms with van der Waals surface area (Å²) >= 11 is 0. The van der Waals surface area contributed by atoms with Crippen molar-refractivity contribution in [2.45, 2.75) is 45.8 Å². The third kappa shape index (κ3) is 5.94. The maximum absolute atomic E-state index is 9.74. The van der Waals surface area contributed by atoms with Crippen LogP contribution in [0.5, 0.6) is 11.5 Å². The molecule has 1 aromatic carbocycles. The first-order valence-electron chi connectivity index (χ1n) is 6.87. The van der Waals surface area contributed by atoms with Crippen LogP contribution in [0.4, 0.5) is 0 Å². The predicted molar refractivity (Wildman–Crippen MR) is 76.5 cm³/mol. The molecular formula is C15H25NO3. The number of hydrogen-bond acceptors (Lipinski definition) is 4. The average molecular weight is 267 g/mol. The van der Waals surface area contributed by atoms with Crippen LogP contribution in [0.3, 0.4) is 0 Å². The molecule has 0 radical (unpaired) electrons. The van der Waals surface area contributed by atoms with E-state index in [-0.39, 0.29) is 17.5 Å². The van der Waals surface area contributed by atoms with Crippen molar-refractivity contribution in [2.75, 3.05) is 13.2 Å². The third-order valence-corrected chi connectivity index (χ3v) is 2.95. The van der Waals surface area contributed by atoms with E-state index in [1.165, 1.54) is 6.07 Å². The highest BCUT2D eigenvalue weighted by Gasteiger charge is 2.09. The smallest absolute Gasteiger partial charge is 0.124 e. The lowest BCUT2D eigenvalue weighted by atomic mass is 10.1. The molecule has 1 unspecified atom stereocenters. The van der Waals surface area contributed by atoms with Gasteiger partial charge in [-0.3, -0.25) is 0 Å². The Morgan fingerprint density at radius 1 is 1.16 bits per heavy atom. The molecule has 0 aromatic heterocycles. The third-order valence-electron chi connectivity index (χ3n) is 2.95. The highest BCUT2D eigenvalue weighted by atomic mass is 16.5. The molecule has 0 amide bonds. The molecule has 0 saturated heterocycles. The molecule has 108 valence electrons. The molecule has 0 aliphatic heterocycles. The van der Waals surface area contributed by atoms with Gasteiger partial charge in [0.15, 0.2) is 0 Å². The van der Waals surface area contributed by atoms with E-state index in [9.17, 15) is 10.2 Å². The number of nitrogens with one attached hydrogen (secondary N) is 1. The summed E-state index contributed by atoms with van der Waals surface area (Å²) < 4.78 is 5.47. The summed E-state index contributed by atoms with van der Waals surface area (Å²) in [5.41, 5.74) is 0.802. The van der Waals surface area contributed by atoms with Crippen molar-refractivity contribution in [3.63, 3.8) is 0 Å². The van der Waals surface area contributed by atoms with Gasteiger partial charge in [0.2, 0.25) is 0 Å². The van der Waals surface area contributed by atoms with Crippen molar-refractivity contribution in [3.8, 4) is 11.5 Å². The lowest BCUT2D eigenvalue weighted by molar-refractivity contribution is 0.0759. The molecular weight excluding hydrogens is 242 g/mol. The van der Waals surface area contributed by atoms with Gasteiger partial charge in [0.25, 0.3) is 0 Å². The number of benzene rings is 1. The first-order valence-corrected chi connectivity index (χ1v) is 6.87. The fraction of sp³-hybridized carbons (Fsp3) is 0.600. The zero-order chi connectivity index (χ0) is 14.3. The van der Waals surface area contributed by atoms with Crippen LogP contribution in [0, 0.1) is 0 Å². The number of rotatable bonds is 8. The topological polar surface area (TPSA) is 61.7 Å². The fourth-order valence-electron chi connectivity index (χ4n) is 1.87. The average Bonchev–Trinajstić information content (AvgIpc) is 2.32. The van der Waals surface area contributed by atoms with E-state index in [0.29, 0.717) is 6.10 Å². The van der Waals surface area contributed by atoms with Crippen molar-refractivity contribution in [2.24, 2.45) is 0 Å². The summed E-state index contributed by atoms with van der Waals surface area (Å²) in [7, 11) is 0. The molecule has 0 bridgehead atoms. The lowest BCUT2D eigenvalue weighted by Gasteiger charge is -2.16. The summed E-state index contributed by atoms with van der Waals surface area (Å²) in [5, 5.41) is 22.3. The summed E-state index contributed by atoms with van der Waals surface area (Å²) in [5.74, 6) is 0.211. The zero-order valence-electron chi connectivity index (χ0n) is 12.0. The van der Waals surface area contributed by atoms with Crippen molar-refractivity contribution < 1.29 is 14.9 Å². The Morgan fingerprint density at radius 3 is 2.53 bits per heavy atom. The molecule has 1 aromatic rings. The fourth-order valence-corrected chi connectivity index (χ4v) is 1.87. The first kappa shape index (κ1) is 15.8. The molecule has 0 fully saturated rings. The van der Waals surface area contributed by atoms with Gasteiger partial charge in [-0.1, -0.05) is 6.07 Å². The van der Waals surface area contributed by atoms with E-state index in [1.807, 2.05) is 20.8 Å². The van der Waals surface area contributed by atoms with E-state index in [4.69, 9.17) is 4.74 Å². The number of hydrogen-bond donors (Lipinski definition) is 3. The van der Waals surface area contributed by atoms with E-state index in [1.54, 1.807) is 12.1 Å². The van der Waals surface area contributed by atoms with E-state index >= 15 is 0 Å². The van der Waals surface area contributed by atoms with Gasteiger partial charge < -0.3 is 20.3 Å². The number of phenolic OH excluding ortho intramolecular Hbond substituents is 2. The van der Waals surface area contributed by atoms with Crippen LogP contribution >= 0.6 is 0 Å². The first-order chi connectivity index (χ1) is 9.00. The van der Waals surface area contributed by atoms with E-state index in [0.717, 1.165) is 31.6 Å². The van der Waals surface area contributed by atoms with Gasteiger partial charge in [-0.15, -0.1) is 0 Å². The standard InChI is InChI=1S/C15H25NO3/c1-11(2)19-9-5-4-8-16-12(3)14-7-6-13(17)10-15(14)18/h6-7,10-12,16-18H,4-5,8-9H2,1-3H3. The Hall–Kier alpha value is -1.26. The molecule has 0 aliphatic carbocycles. The van der Waals surface area contributed by atoms with Crippen LogP contribution in [-0.4, -0.2) is 29.5 Å². The molecule has 1 atom stereocenters. The Morgan fingerprint density at radius 2 is 1.89 bits per heavy atom. The Kier molecular flexibility index (Phi) is 6.67. The monoisotopic (exact) mass is 267 g/mol. The van der Waals surface area contributed by atoms with Crippen LogP contribution in [0.15, 0.2) is 18.2 Å². The van der Waals surface area contributed by atoms with Crippen LogP contribution in [0.1, 0.15) is 45.2 Å². The number of unbranched alkanes of at least 4 members (excludes halogenated alkanes) is 1. The van der Waals surface area contributed by atoms with Crippen molar-refractivity contribution in [1.29, 1.82) is 0 Å². The minimum atomic E-state index is 0.0617. The number of phenols is 2. The van der Waals surface area contributed by atoms with Crippen molar-refractivity contribution in [3.05, 3.63) is 23.8 Å². The van der Waals surface area contributed by atoms with Crippen LogP contribution < -0.4 is 5.32 Å². The molecule has 0 heterocycles. The van der Waals surface area contributed by atoms with Crippen LogP contribution in [-0.2, 0) is 4.74 Å². The molecule has 0 spiro atoms. The Labute approximate surface area is 115 Å². The van der Waals surface area contributed by atoms with Gasteiger partial charge in [-0.05, 0) is 46.2 Å². The quantitative estimate of drug-likeness (QED) is 0.634. The van der Waals surface area contributed by atoms with Gasteiger partial charge in [-0.25, -0.2) is 0 Å². The second-order valence-corrected chi connectivity index (χ2v) is 5.05. The second kappa shape index (κ2) is 8.02. The molecule has 4 heteroatoms. The minimum absolute atomic E-state index is 0.0617.